The van der Waals surface area contributed by atoms with Crippen LogP contribution in [-0.2, 0) is 11.3 Å². The maximum absolute atomic E-state index is 10.7. The zero-order valence-corrected chi connectivity index (χ0v) is 11.6. The van der Waals surface area contributed by atoms with Crippen LogP contribution in [0.5, 0.6) is 0 Å². The van der Waals surface area contributed by atoms with E-state index < -0.39 is 5.97 Å². The molecule has 1 aromatic heterocycles. The summed E-state index contributed by atoms with van der Waals surface area (Å²) < 4.78 is 11.0. The van der Waals surface area contributed by atoms with E-state index in [4.69, 9.17) is 20.0 Å². The second kappa shape index (κ2) is 7.42. The van der Waals surface area contributed by atoms with Gasteiger partial charge in [-0.1, -0.05) is 0 Å². The van der Waals surface area contributed by atoms with Crippen LogP contribution in [0, 0.1) is 0 Å². The molecule has 1 aliphatic heterocycles. The van der Waals surface area contributed by atoms with Crippen LogP contribution in [0.25, 0.3) is 0 Å². The number of carboxylic acid groups (broad SMARTS) is 1. The lowest BCUT2D eigenvalue weighted by molar-refractivity contribution is 0.00438. The van der Waals surface area contributed by atoms with E-state index in [0.717, 1.165) is 39.0 Å². The van der Waals surface area contributed by atoms with Gasteiger partial charge in [0.1, 0.15) is 5.76 Å². The number of ether oxygens (including phenoxy) is 1. The van der Waals surface area contributed by atoms with Gasteiger partial charge < -0.3 is 20.0 Å². The van der Waals surface area contributed by atoms with E-state index in [-0.39, 0.29) is 5.76 Å². The second-order valence-electron chi connectivity index (χ2n) is 5.06. The molecule has 6 nitrogen and oxygen atoms in total. The molecule has 2 heterocycles. The van der Waals surface area contributed by atoms with Crippen LogP contribution in [0.15, 0.2) is 16.5 Å². The molecule has 0 aliphatic carbocycles. The van der Waals surface area contributed by atoms with Crippen molar-refractivity contribution in [1.29, 1.82) is 0 Å². The third-order valence-corrected chi connectivity index (χ3v) is 3.49. The standard InChI is InChI=1S/C14H22N2O4/c15-6-1-9-19-11-4-7-16(8-5-11)10-12-2-3-13(20-12)14(17)18/h2-3,11H,1,4-10,15H2,(H,17,18). The Balaban J connectivity index is 1.72. The average molecular weight is 282 g/mol. The predicted octanol–water partition coefficient (Wildman–Crippen LogP) is 1.31. The molecule has 1 saturated heterocycles. The summed E-state index contributed by atoms with van der Waals surface area (Å²) in [7, 11) is 0. The summed E-state index contributed by atoms with van der Waals surface area (Å²) in [6, 6.07) is 3.23. The van der Waals surface area contributed by atoms with Crippen molar-refractivity contribution in [3.05, 3.63) is 23.7 Å². The summed E-state index contributed by atoms with van der Waals surface area (Å²) >= 11 is 0. The van der Waals surface area contributed by atoms with E-state index >= 15 is 0 Å². The van der Waals surface area contributed by atoms with Crippen LogP contribution in [-0.4, -0.2) is 48.3 Å². The van der Waals surface area contributed by atoms with E-state index in [1.165, 1.54) is 6.07 Å². The minimum Gasteiger partial charge on any atom is -0.475 e. The van der Waals surface area contributed by atoms with Crippen LogP contribution in [0.2, 0.25) is 0 Å². The number of rotatable bonds is 7. The van der Waals surface area contributed by atoms with Gasteiger partial charge in [-0.2, -0.15) is 0 Å². The number of carbonyl (C=O) groups is 1. The highest BCUT2D eigenvalue weighted by molar-refractivity contribution is 5.84. The maximum atomic E-state index is 10.7. The van der Waals surface area contributed by atoms with Crippen molar-refractivity contribution in [3.63, 3.8) is 0 Å². The fourth-order valence-electron chi connectivity index (χ4n) is 2.37. The van der Waals surface area contributed by atoms with Crippen molar-refractivity contribution in [2.75, 3.05) is 26.2 Å². The Kier molecular flexibility index (Phi) is 5.58. The maximum Gasteiger partial charge on any atom is 0.371 e. The van der Waals surface area contributed by atoms with Crippen molar-refractivity contribution in [1.82, 2.24) is 4.90 Å². The van der Waals surface area contributed by atoms with Crippen LogP contribution in [0.4, 0.5) is 0 Å². The molecule has 1 fully saturated rings. The molecule has 0 atom stereocenters. The van der Waals surface area contributed by atoms with Gasteiger partial charge in [0.05, 0.1) is 12.6 Å². The monoisotopic (exact) mass is 282 g/mol. The summed E-state index contributed by atoms with van der Waals surface area (Å²) in [5, 5.41) is 8.81. The van der Waals surface area contributed by atoms with Crippen LogP contribution >= 0.6 is 0 Å². The first-order chi connectivity index (χ1) is 9.69. The Morgan fingerprint density at radius 1 is 1.45 bits per heavy atom. The largest absolute Gasteiger partial charge is 0.475 e. The highest BCUT2D eigenvalue weighted by Gasteiger charge is 2.20. The number of nitrogens with two attached hydrogens (primary N) is 1. The van der Waals surface area contributed by atoms with Gasteiger partial charge in [0.25, 0.3) is 0 Å². The highest BCUT2D eigenvalue weighted by atomic mass is 16.5. The first-order valence-corrected chi connectivity index (χ1v) is 7.05. The van der Waals surface area contributed by atoms with E-state index in [0.29, 0.717) is 25.0 Å². The Morgan fingerprint density at radius 3 is 2.80 bits per heavy atom. The third-order valence-electron chi connectivity index (χ3n) is 3.49. The summed E-state index contributed by atoms with van der Waals surface area (Å²) in [6.07, 6.45) is 3.22. The van der Waals surface area contributed by atoms with Crippen molar-refractivity contribution >= 4 is 5.97 Å². The molecule has 0 amide bonds. The smallest absolute Gasteiger partial charge is 0.371 e. The molecule has 0 radical (unpaired) electrons. The fraction of sp³-hybridized carbons (Fsp3) is 0.643. The summed E-state index contributed by atoms with van der Waals surface area (Å²) in [6.45, 7) is 3.94. The molecule has 20 heavy (non-hydrogen) atoms. The molecule has 1 aliphatic rings. The predicted molar refractivity (Wildman–Crippen MR) is 73.6 cm³/mol. The molecule has 6 heteroatoms. The minimum atomic E-state index is -1.02. The molecule has 3 N–H and O–H groups in total. The van der Waals surface area contributed by atoms with Crippen LogP contribution in [0.3, 0.4) is 0 Å². The zero-order chi connectivity index (χ0) is 14.4. The van der Waals surface area contributed by atoms with Gasteiger partial charge in [0.2, 0.25) is 5.76 Å². The Hall–Kier alpha value is -1.37. The topological polar surface area (TPSA) is 88.9 Å². The highest BCUT2D eigenvalue weighted by Crippen LogP contribution is 2.17. The number of nitrogens with zero attached hydrogens (tertiary/aromatic N) is 1. The lowest BCUT2D eigenvalue weighted by atomic mass is 10.1. The third kappa shape index (κ3) is 4.33. The van der Waals surface area contributed by atoms with Crippen molar-refractivity contribution in [3.8, 4) is 0 Å². The average Bonchev–Trinajstić information content (AvgIpc) is 2.90. The van der Waals surface area contributed by atoms with E-state index in [1.54, 1.807) is 6.07 Å². The van der Waals surface area contributed by atoms with Crippen molar-refractivity contribution < 1.29 is 19.1 Å². The summed E-state index contributed by atoms with van der Waals surface area (Å²) in [5.74, 6) is -0.326. The fourth-order valence-corrected chi connectivity index (χ4v) is 2.37. The van der Waals surface area contributed by atoms with Gasteiger partial charge in [-0.3, -0.25) is 4.90 Å². The number of carboxylic acids is 1. The number of piperidine rings is 1. The second-order valence-corrected chi connectivity index (χ2v) is 5.06. The number of likely N-dealkylation sites (tertiary alicyclic amines) is 1. The van der Waals surface area contributed by atoms with E-state index in [2.05, 4.69) is 4.90 Å². The first kappa shape index (κ1) is 15.0. The van der Waals surface area contributed by atoms with Crippen molar-refractivity contribution in [2.24, 2.45) is 5.73 Å². The molecular weight excluding hydrogens is 260 g/mol. The first-order valence-electron chi connectivity index (χ1n) is 7.05. The van der Waals surface area contributed by atoms with Gasteiger partial charge >= 0.3 is 5.97 Å². The molecule has 112 valence electrons. The molecule has 0 bridgehead atoms. The molecule has 1 aromatic rings. The van der Waals surface area contributed by atoms with Gasteiger partial charge in [0.15, 0.2) is 0 Å². The summed E-state index contributed by atoms with van der Waals surface area (Å²) in [4.78, 5) is 13.0. The number of furan rings is 1. The normalized spacial score (nSPS) is 17.4. The minimum absolute atomic E-state index is 0.00000357. The van der Waals surface area contributed by atoms with Gasteiger partial charge in [-0.05, 0) is 37.9 Å². The quantitative estimate of drug-likeness (QED) is 0.733. The van der Waals surface area contributed by atoms with Gasteiger partial charge in [-0.25, -0.2) is 4.79 Å². The SMILES string of the molecule is NCCCOC1CCN(Cc2ccc(C(=O)O)o2)CC1. The molecular formula is C14H22N2O4. The Labute approximate surface area is 118 Å². The van der Waals surface area contributed by atoms with Crippen molar-refractivity contribution in [2.45, 2.75) is 31.9 Å². The summed E-state index contributed by atoms with van der Waals surface area (Å²) in [5.41, 5.74) is 5.43. The van der Waals surface area contributed by atoms with Gasteiger partial charge in [0, 0.05) is 19.7 Å². The Bertz CT molecular complexity index is 425. The number of hydrogen-bond donors (Lipinski definition) is 2. The van der Waals surface area contributed by atoms with Gasteiger partial charge in [-0.15, -0.1) is 0 Å². The zero-order valence-electron chi connectivity index (χ0n) is 11.6. The Morgan fingerprint density at radius 2 is 2.20 bits per heavy atom. The van der Waals surface area contributed by atoms with E-state index in [1.807, 2.05) is 0 Å². The molecule has 0 unspecified atom stereocenters. The molecule has 0 spiro atoms. The van der Waals surface area contributed by atoms with Crippen LogP contribution in [0.1, 0.15) is 35.6 Å². The molecule has 0 saturated carbocycles. The molecule has 0 aromatic carbocycles. The number of hydrogen-bond acceptors (Lipinski definition) is 5. The lowest BCUT2D eigenvalue weighted by Crippen LogP contribution is -2.36. The molecule has 2 rings (SSSR count). The van der Waals surface area contributed by atoms with E-state index in [9.17, 15) is 4.79 Å². The lowest BCUT2D eigenvalue weighted by Gasteiger charge is -2.31. The van der Waals surface area contributed by atoms with Crippen LogP contribution < -0.4 is 5.73 Å². The number of aromatic carboxylic acids is 1.